The number of piperazine rings is 1. The molecule has 2 fully saturated rings. The predicted molar refractivity (Wildman–Crippen MR) is 128 cm³/mol. The summed E-state index contributed by atoms with van der Waals surface area (Å²) in [5.41, 5.74) is 1.99. The Morgan fingerprint density at radius 2 is 1.74 bits per heavy atom. The van der Waals surface area contributed by atoms with E-state index >= 15 is 0 Å². The Bertz CT molecular complexity index is 1040. The van der Waals surface area contributed by atoms with Crippen molar-refractivity contribution in [2.75, 3.05) is 44.2 Å². The number of hydrogen-bond acceptors (Lipinski definition) is 3. The second-order valence-corrected chi connectivity index (χ2v) is 9.05. The number of nitrogens with one attached hydrogen (secondary N) is 1. The number of piperidine rings is 1. The van der Waals surface area contributed by atoms with Crippen LogP contribution in [0.3, 0.4) is 0 Å². The topological polar surface area (TPSA) is 55.9 Å². The highest BCUT2D eigenvalue weighted by molar-refractivity contribution is 5.81. The molecule has 34 heavy (non-hydrogen) atoms. The third-order valence-electron chi connectivity index (χ3n) is 6.87. The van der Waals surface area contributed by atoms with E-state index in [-0.39, 0.29) is 35.5 Å². The molecule has 1 N–H and O–H groups in total. The molecule has 0 radical (unpaired) electrons. The monoisotopic (exact) mass is 470 g/mol. The van der Waals surface area contributed by atoms with Gasteiger partial charge in [-0.1, -0.05) is 24.3 Å². The van der Waals surface area contributed by atoms with Crippen molar-refractivity contribution in [1.82, 2.24) is 15.1 Å². The summed E-state index contributed by atoms with van der Waals surface area (Å²) in [5, 5.41) is 2.86. The van der Waals surface area contributed by atoms with Crippen molar-refractivity contribution >= 4 is 17.6 Å². The van der Waals surface area contributed by atoms with Gasteiger partial charge in [0, 0.05) is 39.3 Å². The standard InChI is InChI=1S/C26H32F2N4O2/c1-3-29-26(34)32-17-20(9-11-23(32)19-8-10-21(27)18(2)16-19)25(33)31-14-12-30(13-15-31)24-7-5-4-6-22(24)28/h4-8,10,16,20,23H,3,9,11-15,17H2,1-2H3,(H,29,34)/t20-,23+/m0/s1. The number of halogens is 2. The SMILES string of the molecule is CCNC(=O)N1C[C@@H](C(=O)N2CCN(c3ccccc3F)CC2)CC[C@@H]1c1ccc(F)c(C)c1. The number of nitrogens with zero attached hydrogens (tertiary/aromatic N) is 3. The molecule has 0 bridgehead atoms. The average Bonchev–Trinajstić information content (AvgIpc) is 2.85. The van der Waals surface area contributed by atoms with Crippen LogP contribution in [0, 0.1) is 24.5 Å². The first-order chi connectivity index (χ1) is 16.4. The van der Waals surface area contributed by atoms with Crippen molar-refractivity contribution in [1.29, 1.82) is 0 Å². The van der Waals surface area contributed by atoms with Gasteiger partial charge in [-0.05, 0) is 56.0 Å². The molecular formula is C26H32F2N4O2. The number of amides is 3. The summed E-state index contributed by atoms with van der Waals surface area (Å²) >= 11 is 0. The van der Waals surface area contributed by atoms with Crippen molar-refractivity contribution in [2.24, 2.45) is 5.92 Å². The fourth-order valence-electron chi connectivity index (χ4n) is 5.01. The minimum atomic E-state index is -0.291. The maximum Gasteiger partial charge on any atom is 0.317 e. The van der Waals surface area contributed by atoms with E-state index in [4.69, 9.17) is 0 Å². The first-order valence-electron chi connectivity index (χ1n) is 12.0. The van der Waals surface area contributed by atoms with Gasteiger partial charge in [0.05, 0.1) is 17.6 Å². The average molecular weight is 471 g/mol. The molecule has 2 heterocycles. The summed E-state index contributed by atoms with van der Waals surface area (Å²) in [5.74, 6) is -0.780. The van der Waals surface area contributed by atoms with E-state index in [1.807, 2.05) is 22.8 Å². The number of hydrogen-bond donors (Lipinski definition) is 1. The van der Waals surface area contributed by atoms with Gasteiger partial charge < -0.3 is 20.0 Å². The Hall–Kier alpha value is -3.16. The zero-order valence-electron chi connectivity index (χ0n) is 19.8. The molecule has 182 valence electrons. The van der Waals surface area contributed by atoms with Gasteiger partial charge in [0.1, 0.15) is 11.6 Å². The normalized spacial score (nSPS) is 20.9. The van der Waals surface area contributed by atoms with Crippen molar-refractivity contribution < 1.29 is 18.4 Å². The van der Waals surface area contributed by atoms with Crippen LogP contribution < -0.4 is 10.2 Å². The lowest BCUT2D eigenvalue weighted by molar-refractivity contribution is -0.137. The zero-order chi connectivity index (χ0) is 24.2. The number of likely N-dealkylation sites (tertiary alicyclic amines) is 1. The van der Waals surface area contributed by atoms with Crippen LogP contribution in [0.5, 0.6) is 0 Å². The molecule has 2 aromatic carbocycles. The minimum absolute atomic E-state index is 0.0382. The molecule has 0 aromatic heterocycles. The van der Waals surface area contributed by atoms with Crippen LogP contribution in [-0.4, -0.2) is 61.0 Å². The summed E-state index contributed by atoms with van der Waals surface area (Å²) in [6.45, 7) is 6.55. The van der Waals surface area contributed by atoms with Crippen LogP contribution in [0.2, 0.25) is 0 Å². The van der Waals surface area contributed by atoms with E-state index in [0.29, 0.717) is 63.4 Å². The fraction of sp³-hybridized carbons (Fsp3) is 0.462. The number of benzene rings is 2. The van der Waals surface area contributed by atoms with Crippen molar-refractivity contribution in [3.63, 3.8) is 0 Å². The summed E-state index contributed by atoms with van der Waals surface area (Å²) in [6.07, 6.45) is 1.29. The fourth-order valence-corrected chi connectivity index (χ4v) is 5.01. The maximum atomic E-state index is 14.1. The summed E-state index contributed by atoms with van der Waals surface area (Å²) in [6, 6.07) is 11.2. The molecule has 3 amide bonds. The Morgan fingerprint density at radius 3 is 2.41 bits per heavy atom. The number of carbonyl (C=O) groups is 2. The van der Waals surface area contributed by atoms with Gasteiger partial charge in [0.15, 0.2) is 0 Å². The van der Waals surface area contributed by atoms with Gasteiger partial charge >= 0.3 is 6.03 Å². The molecule has 2 aliphatic rings. The van der Waals surface area contributed by atoms with E-state index < -0.39 is 0 Å². The number of rotatable bonds is 4. The van der Waals surface area contributed by atoms with Gasteiger partial charge in [-0.2, -0.15) is 0 Å². The number of aryl methyl sites for hydroxylation is 1. The highest BCUT2D eigenvalue weighted by Gasteiger charge is 2.38. The molecule has 2 aliphatic heterocycles. The van der Waals surface area contributed by atoms with Gasteiger partial charge in [-0.25, -0.2) is 13.6 Å². The summed E-state index contributed by atoms with van der Waals surface area (Å²) in [4.78, 5) is 31.8. The first kappa shape index (κ1) is 24.0. The van der Waals surface area contributed by atoms with Crippen molar-refractivity contribution in [3.05, 3.63) is 65.2 Å². The van der Waals surface area contributed by atoms with E-state index in [9.17, 15) is 18.4 Å². The molecular weight excluding hydrogens is 438 g/mol. The third kappa shape index (κ3) is 5.00. The van der Waals surface area contributed by atoms with Gasteiger partial charge in [0.2, 0.25) is 5.91 Å². The summed E-state index contributed by atoms with van der Waals surface area (Å²) in [7, 11) is 0. The highest BCUT2D eigenvalue weighted by atomic mass is 19.1. The Morgan fingerprint density at radius 1 is 1.00 bits per heavy atom. The minimum Gasteiger partial charge on any atom is -0.366 e. The number of carbonyl (C=O) groups excluding carboxylic acids is 2. The molecule has 6 nitrogen and oxygen atoms in total. The molecule has 0 unspecified atom stereocenters. The zero-order valence-corrected chi connectivity index (χ0v) is 19.8. The largest absolute Gasteiger partial charge is 0.366 e. The Kier molecular flexibility index (Phi) is 7.34. The molecule has 0 aliphatic carbocycles. The number of anilines is 1. The molecule has 4 rings (SSSR count). The van der Waals surface area contributed by atoms with E-state index in [2.05, 4.69) is 5.32 Å². The predicted octanol–water partition coefficient (Wildman–Crippen LogP) is 4.10. The Balaban J connectivity index is 1.43. The molecule has 0 spiro atoms. The number of para-hydroxylation sites is 1. The maximum absolute atomic E-state index is 14.1. The van der Waals surface area contributed by atoms with Crippen LogP contribution in [0.4, 0.5) is 19.3 Å². The van der Waals surface area contributed by atoms with Crippen molar-refractivity contribution in [2.45, 2.75) is 32.7 Å². The molecule has 2 atom stereocenters. The highest BCUT2D eigenvalue weighted by Crippen LogP contribution is 2.35. The molecule has 2 saturated heterocycles. The lowest BCUT2D eigenvalue weighted by Crippen LogP contribution is -2.54. The second kappa shape index (κ2) is 10.4. The van der Waals surface area contributed by atoms with E-state index in [1.165, 1.54) is 12.1 Å². The lowest BCUT2D eigenvalue weighted by atomic mass is 9.87. The summed E-state index contributed by atoms with van der Waals surface area (Å²) < 4.78 is 27.9. The van der Waals surface area contributed by atoms with Crippen LogP contribution in [0.15, 0.2) is 42.5 Å². The van der Waals surface area contributed by atoms with Gasteiger partial charge in [-0.3, -0.25) is 4.79 Å². The lowest BCUT2D eigenvalue weighted by Gasteiger charge is -2.42. The van der Waals surface area contributed by atoms with E-state index in [0.717, 1.165) is 5.56 Å². The van der Waals surface area contributed by atoms with Crippen molar-refractivity contribution in [3.8, 4) is 0 Å². The van der Waals surface area contributed by atoms with Crippen LogP contribution in [0.1, 0.15) is 36.9 Å². The van der Waals surface area contributed by atoms with Gasteiger partial charge in [-0.15, -0.1) is 0 Å². The molecule has 0 saturated carbocycles. The van der Waals surface area contributed by atoms with Gasteiger partial charge in [0.25, 0.3) is 0 Å². The van der Waals surface area contributed by atoms with Crippen LogP contribution >= 0.6 is 0 Å². The second-order valence-electron chi connectivity index (χ2n) is 9.05. The van der Waals surface area contributed by atoms with Crippen LogP contribution in [0.25, 0.3) is 0 Å². The Labute approximate surface area is 199 Å². The smallest absolute Gasteiger partial charge is 0.317 e. The molecule has 8 heteroatoms. The van der Waals surface area contributed by atoms with Crippen LogP contribution in [-0.2, 0) is 4.79 Å². The quantitative estimate of drug-likeness (QED) is 0.732. The van der Waals surface area contributed by atoms with E-state index in [1.54, 1.807) is 36.1 Å². The number of urea groups is 1. The molecule has 2 aromatic rings. The first-order valence-corrected chi connectivity index (χ1v) is 12.0. The third-order valence-corrected chi connectivity index (χ3v) is 6.87.